The third-order valence-corrected chi connectivity index (χ3v) is 7.67. The van der Waals surface area contributed by atoms with Gasteiger partial charge < -0.3 is 24.4 Å². The van der Waals surface area contributed by atoms with Gasteiger partial charge in [0, 0.05) is 29.7 Å². The lowest BCUT2D eigenvalue weighted by Crippen LogP contribution is -2.42. The second kappa shape index (κ2) is 12.9. The minimum Gasteiger partial charge on any atom is -0.497 e. The van der Waals surface area contributed by atoms with Gasteiger partial charge in [0.15, 0.2) is 16.7 Å². The van der Waals surface area contributed by atoms with E-state index in [0.29, 0.717) is 33.7 Å². The van der Waals surface area contributed by atoms with Crippen LogP contribution < -0.4 is 19.5 Å². The highest BCUT2D eigenvalue weighted by Crippen LogP contribution is 2.35. The van der Waals surface area contributed by atoms with Crippen LogP contribution in [-0.2, 0) is 16.1 Å². The zero-order valence-corrected chi connectivity index (χ0v) is 24.7. The molecule has 0 aliphatic carbocycles. The van der Waals surface area contributed by atoms with Gasteiger partial charge in [-0.2, -0.15) is 0 Å². The van der Waals surface area contributed by atoms with Crippen LogP contribution in [0.25, 0.3) is 0 Å². The molecule has 0 spiro atoms. The monoisotopic (exact) mass is 584 g/mol. The molecule has 9 nitrogen and oxygen atoms in total. The van der Waals surface area contributed by atoms with E-state index in [1.165, 1.54) is 11.8 Å². The molecule has 0 saturated heterocycles. The molecule has 0 radical (unpaired) electrons. The van der Waals surface area contributed by atoms with Crippen molar-refractivity contribution in [3.63, 3.8) is 0 Å². The van der Waals surface area contributed by atoms with Gasteiger partial charge in [-0.05, 0) is 67.8 Å². The second-order valence-corrected chi connectivity index (χ2v) is 10.8. The fourth-order valence-corrected chi connectivity index (χ4v) is 5.54. The number of benzene rings is 3. The van der Waals surface area contributed by atoms with Gasteiger partial charge in [-0.3, -0.25) is 9.59 Å². The molecule has 1 aliphatic heterocycles. The first-order valence-corrected chi connectivity index (χ1v) is 14.4. The Hall–Kier alpha value is -4.57. The van der Waals surface area contributed by atoms with Crippen LogP contribution in [0.1, 0.15) is 34.1 Å². The van der Waals surface area contributed by atoms with Gasteiger partial charge in [0.25, 0.3) is 5.91 Å². The minimum absolute atomic E-state index is 0.0543. The summed E-state index contributed by atoms with van der Waals surface area (Å²) in [7, 11) is 1.58. The first-order chi connectivity index (χ1) is 20.3. The van der Waals surface area contributed by atoms with Gasteiger partial charge in [0.1, 0.15) is 11.8 Å². The average molecular weight is 585 g/mol. The van der Waals surface area contributed by atoms with Gasteiger partial charge in [-0.25, -0.2) is 9.97 Å². The summed E-state index contributed by atoms with van der Waals surface area (Å²) >= 11 is 1.25. The smallest absolute Gasteiger partial charge is 0.251 e. The number of thioether (sulfide) groups is 1. The highest BCUT2D eigenvalue weighted by molar-refractivity contribution is 7.99. The van der Waals surface area contributed by atoms with Gasteiger partial charge in [0.2, 0.25) is 12.7 Å². The van der Waals surface area contributed by atoms with Crippen molar-refractivity contribution in [3.8, 4) is 17.2 Å². The number of anilines is 1. The molecular formula is C32H32N4O5S. The van der Waals surface area contributed by atoms with E-state index < -0.39 is 6.04 Å². The van der Waals surface area contributed by atoms with Crippen molar-refractivity contribution < 1.29 is 23.8 Å². The van der Waals surface area contributed by atoms with Crippen LogP contribution in [0.15, 0.2) is 78.0 Å². The van der Waals surface area contributed by atoms with Crippen molar-refractivity contribution in [2.75, 3.05) is 25.0 Å². The number of aromatic nitrogens is 2. The summed E-state index contributed by atoms with van der Waals surface area (Å²) in [5.74, 6) is 1.26. The molecule has 0 bridgehead atoms. The summed E-state index contributed by atoms with van der Waals surface area (Å²) in [6.07, 6.45) is 0. The van der Waals surface area contributed by atoms with Gasteiger partial charge in [-0.15, -0.1) is 0 Å². The molecule has 1 aromatic heterocycles. The first-order valence-electron chi connectivity index (χ1n) is 13.4. The molecule has 1 aliphatic rings. The Balaban J connectivity index is 1.50. The van der Waals surface area contributed by atoms with Crippen LogP contribution in [0.3, 0.4) is 0 Å². The number of fused-ring (bicyclic) bond motifs is 1. The maximum atomic E-state index is 14.1. The van der Waals surface area contributed by atoms with Crippen LogP contribution in [-0.4, -0.2) is 46.3 Å². The number of carbonyl (C=O) groups excluding carboxylic acids is 2. The number of methoxy groups -OCH3 is 1. The molecule has 0 saturated carbocycles. The van der Waals surface area contributed by atoms with Crippen molar-refractivity contribution in [1.82, 2.24) is 14.9 Å². The third kappa shape index (κ3) is 6.83. The highest BCUT2D eigenvalue weighted by atomic mass is 32.2. The molecule has 2 heterocycles. The molecule has 1 unspecified atom stereocenters. The molecule has 3 aromatic carbocycles. The van der Waals surface area contributed by atoms with Crippen molar-refractivity contribution in [2.24, 2.45) is 0 Å². The first kappa shape index (κ1) is 28.9. The van der Waals surface area contributed by atoms with Crippen LogP contribution in [0.2, 0.25) is 0 Å². The van der Waals surface area contributed by atoms with E-state index >= 15 is 0 Å². The van der Waals surface area contributed by atoms with E-state index in [1.54, 1.807) is 54.5 Å². The van der Waals surface area contributed by atoms with Crippen molar-refractivity contribution in [1.29, 1.82) is 0 Å². The molecular weight excluding hydrogens is 552 g/mol. The zero-order valence-electron chi connectivity index (χ0n) is 23.9. The molecule has 2 amide bonds. The number of ether oxygens (including phenoxy) is 3. The molecule has 1 atom stereocenters. The largest absolute Gasteiger partial charge is 0.497 e. The topological polar surface area (TPSA) is 103 Å². The van der Waals surface area contributed by atoms with Gasteiger partial charge >= 0.3 is 0 Å². The number of hydrogen-bond acceptors (Lipinski definition) is 8. The SMILES string of the molecule is COc1ccc(C(C(=O)Nc2ccc3c(c2)OCO3)N(Cc2ccccc2C)C(=O)CSc2nc(C)cc(C)n2)cc1. The van der Waals surface area contributed by atoms with Crippen LogP contribution in [0.5, 0.6) is 17.2 Å². The fourth-order valence-electron chi connectivity index (χ4n) is 4.71. The molecule has 5 rings (SSSR count). The summed E-state index contributed by atoms with van der Waals surface area (Å²) in [6, 6.07) is 21.2. The summed E-state index contributed by atoms with van der Waals surface area (Å²) < 4.78 is 16.3. The predicted octanol–water partition coefficient (Wildman–Crippen LogP) is 5.64. The van der Waals surface area contributed by atoms with E-state index in [2.05, 4.69) is 15.3 Å². The quantitative estimate of drug-likeness (QED) is 0.189. The Morgan fingerprint density at radius 1 is 0.952 bits per heavy atom. The zero-order chi connectivity index (χ0) is 29.6. The summed E-state index contributed by atoms with van der Waals surface area (Å²) in [5, 5.41) is 3.51. The Morgan fingerprint density at radius 3 is 2.38 bits per heavy atom. The third-order valence-electron chi connectivity index (χ3n) is 6.84. The van der Waals surface area contributed by atoms with Crippen molar-refractivity contribution >= 4 is 29.3 Å². The van der Waals surface area contributed by atoms with Crippen LogP contribution in [0, 0.1) is 20.8 Å². The Bertz CT molecular complexity index is 1570. The summed E-state index contributed by atoms with van der Waals surface area (Å²) in [4.78, 5) is 38.7. The van der Waals surface area contributed by atoms with E-state index in [4.69, 9.17) is 14.2 Å². The van der Waals surface area contributed by atoms with Crippen LogP contribution >= 0.6 is 11.8 Å². The maximum absolute atomic E-state index is 14.1. The summed E-state index contributed by atoms with van der Waals surface area (Å²) in [5.41, 5.74) is 4.78. The normalized spacial score (nSPS) is 12.5. The maximum Gasteiger partial charge on any atom is 0.251 e. The number of nitrogens with zero attached hydrogens (tertiary/aromatic N) is 3. The number of aryl methyl sites for hydroxylation is 3. The van der Waals surface area contributed by atoms with E-state index in [1.807, 2.05) is 51.1 Å². The van der Waals surface area contributed by atoms with Crippen molar-refractivity contribution in [3.05, 3.63) is 101 Å². The Labute approximate surface area is 249 Å². The minimum atomic E-state index is -0.950. The van der Waals surface area contributed by atoms with Gasteiger partial charge in [-0.1, -0.05) is 48.2 Å². The number of nitrogens with one attached hydrogen (secondary N) is 1. The van der Waals surface area contributed by atoms with Crippen LogP contribution in [0.4, 0.5) is 5.69 Å². The number of hydrogen-bond donors (Lipinski definition) is 1. The predicted molar refractivity (Wildman–Crippen MR) is 161 cm³/mol. The molecule has 1 N–H and O–H groups in total. The second-order valence-electron chi connectivity index (χ2n) is 9.90. The van der Waals surface area contributed by atoms with Gasteiger partial charge in [0.05, 0.1) is 12.9 Å². The Morgan fingerprint density at radius 2 is 1.67 bits per heavy atom. The molecule has 0 fully saturated rings. The Kier molecular flexibility index (Phi) is 8.92. The van der Waals surface area contributed by atoms with E-state index in [-0.39, 0.29) is 30.9 Å². The number of rotatable bonds is 10. The molecule has 4 aromatic rings. The molecule has 42 heavy (non-hydrogen) atoms. The number of carbonyl (C=O) groups is 2. The number of amides is 2. The lowest BCUT2D eigenvalue weighted by atomic mass is 10.0. The average Bonchev–Trinajstić information content (AvgIpc) is 3.44. The van der Waals surface area contributed by atoms with E-state index in [0.717, 1.165) is 22.5 Å². The lowest BCUT2D eigenvalue weighted by molar-refractivity contribution is -0.137. The fraction of sp³-hybridized carbons (Fsp3) is 0.250. The lowest BCUT2D eigenvalue weighted by Gasteiger charge is -2.32. The standard InChI is InChI=1S/C32H32N4O5S/c1-20-7-5-6-8-24(20)17-36(29(37)18-42-32-33-21(2)15-22(3)34-32)30(23-9-12-26(39-4)13-10-23)31(38)35-25-11-14-27-28(16-25)41-19-40-27/h5-16,30H,17-19H2,1-4H3,(H,35,38). The highest BCUT2D eigenvalue weighted by Gasteiger charge is 2.32. The van der Waals surface area contributed by atoms with Crippen molar-refractivity contribution in [2.45, 2.75) is 38.5 Å². The summed E-state index contributed by atoms with van der Waals surface area (Å²) in [6.45, 7) is 6.13. The molecule has 10 heteroatoms. The molecule has 216 valence electrons. The van der Waals surface area contributed by atoms with E-state index in [9.17, 15) is 9.59 Å².